The van der Waals surface area contributed by atoms with Crippen LogP contribution in [0, 0.1) is 37.5 Å². The van der Waals surface area contributed by atoms with Gasteiger partial charge in [-0.3, -0.25) is 0 Å². The van der Waals surface area contributed by atoms with Gasteiger partial charge >= 0.3 is 0 Å². The largest absolute Gasteiger partial charge is 0.108 e. The molecule has 0 bridgehead atoms. The van der Waals surface area contributed by atoms with Crippen LogP contribution in [0.2, 0.25) is 0 Å². The predicted molar refractivity (Wildman–Crippen MR) is 116 cm³/mol. The SMILES string of the molecule is CC#CC#CC1(c2ccc3c(c2)CC3)c2cc(C)ccc2-c2ccc(C)cc21. The second-order valence-corrected chi connectivity index (χ2v) is 7.96. The summed E-state index contributed by atoms with van der Waals surface area (Å²) < 4.78 is 0. The molecule has 0 aliphatic heterocycles. The third-order valence-electron chi connectivity index (χ3n) is 6.19. The molecular weight excluding hydrogens is 336 g/mol. The highest BCUT2D eigenvalue weighted by Crippen LogP contribution is 2.53. The third kappa shape index (κ3) is 2.28. The van der Waals surface area contributed by atoms with Gasteiger partial charge in [-0.05, 0) is 84.4 Å². The van der Waals surface area contributed by atoms with E-state index in [4.69, 9.17) is 0 Å². The summed E-state index contributed by atoms with van der Waals surface area (Å²) in [5, 5.41) is 0. The number of benzene rings is 3. The molecule has 0 N–H and O–H groups in total. The third-order valence-corrected chi connectivity index (χ3v) is 6.19. The van der Waals surface area contributed by atoms with Crippen molar-refractivity contribution in [1.82, 2.24) is 0 Å². The zero-order valence-corrected chi connectivity index (χ0v) is 16.6. The number of hydrogen-bond donors (Lipinski definition) is 0. The van der Waals surface area contributed by atoms with E-state index in [9.17, 15) is 0 Å². The summed E-state index contributed by atoms with van der Waals surface area (Å²) in [6.07, 6.45) is 2.36. The van der Waals surface area contributed by atoms with Crippen molar-refractivity contribution in [3.63, 3.8) is 0 Å². The van der Waals surface area contributed by atoms with E-state index in [2.05, 4.69) is 92.1 Å². The lowest BCUT2D eigenvalue weighted by Crippen LogP contribution is -2.26. The van der Waals surface area contributed by atoms with Crippen molar-refractivity contribution in [2.24, 2.45) is 0 Å². The Morgan fingerprint density at radius 2 is 1.36 bits per heavy atom. The van der Waals surface area contributed by atoms with Crippen molar-refractivity contribution in [2.45, 2.75) is 39.0 Å². The molecule has 0 saturated carbocycles. The Hall–Kier alpha value is -3.22. The van der Waals surface area contributed by atoms with Crippen molar-refractivity contribution >= 4 is 0 Å². The van der Waals surface area contributed by atoms with Crippen molar-refractivity contribution in [1.29, 1.82) is 0 Å². The molecule has 0 nitrogen and oxygen atoms in total. The summed E-state index contributed by atoms with van der Waals surface area (Å²) in [6.45, 7) is 6.17. The van der Waals surface area contributed by atoms with Crippen molar-refractivity contribution in [3.8, 4) is 34.8 Å². The van der Waals surface area contributed by atoms with Gasteiger partial charge in [-0.25, -0.2) is 0 Å². The number of hydrogen-bond acceptors (Lipinski definition) is 0. The van der Waals surface area contributed by atoms with Gasteiger partial charge in [-0.15, -0.1) is 0 Å². The molecule has 0 fully saturated rings. The predicted octanol–water partition coefficient (Wildman–Crippen LogP) is 5.74. The molecule has 3 aromatic rings. The van der Waals surface area contributed by atoms with E-state index in [1.165, 1.54) is 62.9 Å². The first kappa shape index (κ1) is 16.9. The standard InChI is InChI=1S/C28H22/c1-4-5-6-15-28(23-12-11-21-9-10-22(21)18-23)26-16-19(2)7-13-24(26)25-14-8-20(3)17-27(25)28/h7-8,11-14,16-18H,9-10H2,1-3H3. The average molecular weight is 358 g/mol. The van der Waals surface area contributed by atoms with Gasteiger partial charge in [0, 0.05) is 0 Å². The first-order valence-electron chi connectivity index (χ1n) is 9.92. The molecule has 134 valence electrons. The lowest BCUT2D eigenvalue weighted by atomic mass is 9.70. The number of fused-ring (bicyclic) bond motifs is 4. The van der Waals surface area contributed by atoms with Gasteiger partial charge < -0.3 is 0 Å². The molecule has 0 aromatic heterocycles. The lowest BCUT2D eigenvalue weighted by Gasteiger charge is -2.30. The molecular formula is C28H22. The molecule has 2 aliphatic carbocycles. The molecule has 28 heavy (non-hydrogen) atoms. The fourth-order valence-corrected chi connectivity index (χ4v) is 4.69. The number of aryl methyl sites for hydroxylation is 4. The van der Waals surface area contributed by atoms with Gasteiger partial charge in [-0.2, -0.15) is 0 Å². The fraction of sp³-hybridized carbons (Fsp3) is 0.214. The molecule has 0 heterocycles. The monoisotopic (exact) mass is 358 g/mol. The van der Waals surface area contributed by atoms with E-state index in [0.29, 0.717) is 0 Å². The first-order valence-corrected chi connectivity index (χ1v) is 9.92. The minimum absolute atomic E-state index is 0.461. The van der Waals surface area contributed by atoms with Crippen molar-refractivity contribution in [2.75, 3.05) is 0 Å². The van der Waals surface area contributed by atoms with Crippen LogP contribution in [0.4, 0.5) is 0 Å². The van der Waals surface area contributed by atoms with Gasteiger partial charge in [0.2, 0.25) is 0 Å². The summed E-state index contributed by atoms with van der Waals surface area (Å²) in [5.74, 6) is 12.7. The van der Waals surface area contributed by atoms with E-state index < -0.39 is 5.41 Å². The summed E-state index contributed by atoms with van der Waals surface area (Å²) >= 11 is 0. The number of rotatable bonds is 1. The highest BCUT2D eigenvalue weighted by Gasteiger charge is 2.44. The van der Waals surface area contributed by atoms with Gasteiger partial charge in [0.05, 0.1) is 0 Å². The maximum absolute atomic E-state index is 3.63. The van der Waals surface area contributed by atoms with Gasteiger partial charge in [0.1, 0.15) is 5.41 Å². The molecule has 0 radical (unpaired) electrons. The fourth-order valence-electron chi connectivity index (χ4n) is 4.69. The lowest BCUT2D eigenvalue weighted by molar-refractivity contribution is 0.795. The Balaban J connectivity index is 1.91. The molecule has 0 heteroatoms. The second-order valence-electron chi connectivity index (χ2n) is 7.96. The normalized spacial score (nSPS) is 14.4. The van der Waals surface area contributed by atoms with Crippen LogP contribution in [0.25, 0.3) is 11.1 Å². The average Bonchev–Trinajstić information content (AvgIpc) is 2.92. The van der Waals surface area contributed by atoms with Crippen molar-refractivity contribution < 1.29 is 0 Å². The smallest absolute Gasteiger partial charge is 0.0925 e. The Morgan fingerprint density at radius 3 is 1.89 bits per heavy atom. The molecule has 5 rings (SSSR count). The van der Waals surface area contributed by atoms with Crippen LogP contribution in [0.15, 0.2) is 54.6 Å². The molecule has 0 unspecified atom stereocenters. The molecule has 0 amide bonds. The first-order chi connectivity index (χ1) is 13.6. The zero-order valence-electron chi connectivity index (χ0n) is 16.6. The van der Waals surface area contributed by atoms with Gasteiger partial charge in [-0.1, -0.05) is 77.6 Å². The quantitative estimate of drug-likeness (QED) is 0.486. The summed E-state index contributed by atoms with van der Waals surface area (Å²) in [7, 11) is 0. The minimum Gasteiger partial charge on any atom is -0.0925 e. The highest BCUT2D eigenvalue weighted by atomic mass is 14.4. The van der Waals surface area contributed by atoms with E-state index in [0.717, 1.165) is 0 Å². The van der Waals surface area contributed by atoms with Crippen LogP contribution in [0.5, 0.6) is 0 Å². The zero-order chi connectivity index (χ0) is 19.3. The van der Waals surface area contributed by atoms with E-state index in [-0.39, 0.29) is 0 Å². The highest BCUT2D eigenvalue weighted by molar-refractivity contribution is 5.86. The molecule has 0 atom stereocenters. The maximum Gasteiger partial charge on any atom is 0.108 e. The van der Waals surface area contributed by atoms with Gasteiger partial charge in [0.15, 0.2) is 0 Å². The van der Waals surface area contributed by atoms with Crippen LogP contribution >= 0.6 is 0 Å². The van der Waals surface area contributed by atoms with Crippen LogP contribution < -0.4 is 0 Å². The molecule has 2 aliphatic rings. The van der Waals surface area contributed by atoms with Crippen LogP contribution in [0.1, 0.15) is 45.9 Å². The van der Waals surface area contributed by atoms with Crippen LogP contribution in [-0.2, 0) is 18.3 Å². The Kier molecular flexibility index (Phi) is 3.72. The Labute approximate surface area is 167 Å². The molecule has 3 aromatic carbocycles. The van der Waals surface area contributed by atoms with Gasteiger partial charge in [0.25, 0.3) is 0 Å². The van der Waals surface area contributed by atoms with E-state index in [1.807, 2.05) is 6.92 Å². The second kappa shape index (κ2) is 6.15. The topological polar surface area (TPSA) is 0 Å². The van der Waals surface area contributed by atoms with Crippen LogP contribution in [-0.4, -0.2) is 0 Å². The van der Waals surface area contributed by atoms with Crippen molar-refractivity contribution in [3.05, 3.63) is 93.5 Å². The summed E-state index contributed by atoms with van der Waals surface area (Å²) in [4.78, 5) is 0. The summed E-state index contributed by atoms with van der Waals surface area (Å²) in [5.41, 5.74) is 11.5. The maximum atomic E-state index is 3.63. The Bertz CT molecular complexity index is 1200. The molecule has 0 spiro atoms. The molecule has 0 saturated heterocycles. The van der Waals surface area contributed by atoms with E-state index in [1.54, 1.807) is 0 Å². The van der Waals surface area contributed by atoms with Crippen LogP contribution in [0.3, 0.4) is 0 Å². The Morgan fingerprint density at radius 1 is 0.714 bits per heavy atom. The summed E-state index contributed by atoms with van der Waals surface area (Å²) in [6, 6.07) is 20.5. The van der Waals surface area contributed by atoms with E-state index >= 15 is 0 Å². The minimum atomic E-state index is -0.461.